The van der Waals surface area contributed by atoms with E-state index in [0.29, 0.717) is 39.7 Å². The van der Waals surface area contributed by atoms with Crippen molar-refractivity contribution in [3.05, 3.63) is 271 Å². The van der Waals surface area contributed by atoms with E-state index in [1.165, 1.54) is 0 Å². The van der Waals surface area contributed by atoms with Gasteiger partial charge < -0.3 is 9.13 Å². The third-order valence-corrected chi connectivity index (χ3v) is 15.3. The molecule has 0 saturated carbocycles. The summed E-state index contributed by atoms with van der Waals surface area (Å²) in [6, 6.07) is 92.5. The summed E-state index contributed by atoms with van der Waals surface area (Å²) in [6.45, 7) is 0. The fraction of sp³-hybridized carbons (Fsp3) is 0. The van der Waals surface area contributed by atoms with Gasteiger partial charge in [-0.15, -0.1) is 0 Å². The number of aromatic nitrogens is 5. The van der Waals surface area contributed by atoms with Gasteiger partial charge in [0.15, 0.2) is 17.5 Å². The molecule has 9 nitrogen and oxygen atoms in total. The van der Waals surface area contributed by atoms with Gasteiger partial charge in [-0.05, 0) is 160 Å². The first-order valence-corrected chi connectivity index (χ1v) is 26.6. The molecule has 9 heteroatoms. The maximum absolute atomic E-state index is 9.67. The van der Waals surface area contributed by atoms with Crippen LogP contribution in [0.2, 0.25) is 0 Å². The smallest absolute Gasteiger partial charge is 0.164 e. The lowest BCUT2D eigenvalue weighted by molar-refractivity contribution is 1.07. The zero-order valence-corrected chi connectivity index (χ0v) is 43.7. The molecule has 378 valence electrons. The van der Waals surface area contributed by atoms with Crippen LogP contribution in [0.1, 0.15) is 22.3 Å². The topological polar surface area (TPSA) is 144 Å². The number of fused-ring (bicyclic) bond motifs is 6. The van der Waals surface area contributed by atoms with Crippen LogP contribution in [0, 0.1) is 45.3 Å². The van der Waals surface area contributed by atoms with E-state index in [2.05, 4.69) is 124 Å². The first-order chi connectivity index (χ1) is 40.4. The second kappa shape index (κ2) is 20.1. The van der Waals surface area contributed by atoms with Crippen molar-refractivity contribution in [1.82, 2.24) is 24.1 Å². The lowest BCUT2D eigenvalue weighted by Crippen LogP contribution is -2.03. The van der Waals surface area contributed by atoms with Crippen LogP contribution in [0.25, 0.3) is 134 Å². The third kappa shape index (κ3) is 8.63. The molecule has 11 aromatic carbocycles. The van der Waals surface area contributed by atoms with Crippen LogP contribution in [-0.4, -0.2) is 24.1 Å². The number of nitriles is 4. The van der Waals surface area contributed by atoms with Crippen molar-refractivity contribution in [2.45, 2.75) is 0 Å². The van der Waals surface area contributed by atoms with Gasteiger partial charge in [-0.1, -0.05) is 133 Å². The van der Waals surface area contributed by atoms with E-state index in [4.69, 9.17) is 15.0 Å². The minimum Gasteiger partial charge on any atom is -0.309 e. The van der Waals surface area contributed by atoms with Crippen molar-refractivity contribution in [2.75, 3.05) is 0 Å². The highest BCUT2D eigenvalue weighted by molar-refractivity contribution is 6.13. The van der Waals surface area contributed by atoms with E-state index >= 15 is 0 Å². The average molecular weight is 1040 g/mol. The van der Waals surface area contributed by atoms with E-state index in [-0.39, 0.29) is 0 Å². The second-order valence-corrected chi connectivity index (χ2v) is 20.1. The Morgan fingerprint density at radius 1 is 0.232 bits per heavy atom. The Morgan fingerprint density at radius 2 is 0.488 bits per heavy atom. The molecule has 0 N–H and O–H groups in total. The fourth-order valence-corrected chi connectivity index (χ4v) is 11.2. The predicted molar refractivity (Wildman–Crippen MR) is 325 cm³/mol. The van der Waals surface area contributed by atoms with Crippen molar-refractivity contribution in [3.8, 4) is 114 Å². The van der Waals surface area contributed by atoms with Gasteiger partial charge in [0.1, 0.15) is 0 Å². The normalized spacial score (nSPS) is 11.1. The van der Waals surface area contributed by atoms with Gasteiger partial charge >= 0.3 is 0 Å². The van der Waals surface area contributed by atoms with Gasteiger partial charge in [-0.25, -0.2) is 15.0 Å². The molecule has 0 atom stereocenters. The van der Waals surface area contributed by atoms with E-state index in [1.54, 1.807) is 0 Å². The van der Waals surface area contributed by atoms with Gasteiger partial charge in [-0.3, -0.25) is 0 Å². The van der Waals surface area contributed by atoms with Crippen molar-refractivity contribution < 1.29 is 0 Å². The van der Waals surface area contributed by atoms with E-state index in [0.717, 1.165) is 116 Å². The van der Waals surface area contributed by atoms with Gasteiger partial charge in [-0.2, -0.15) is 21.0 Å². The Labute approximate surface area is 471 Å². The highest BCUT2D eigenvalue weighted by Gasteiger charge is 2.22. The molecule has 3 heterocycles. The summed E-state index contributed by atoms with van der Waals surface area (Å²) in [5.41, 5.74) is 18.5. The summed E-state index contributed by atoms with van der Waals surface area (Å²) in [5, 5.41) is 42.8. The molecule has 0 spiro atoms. The second-order valence-electron chi connectivity index (χ2n) is 20.1. The molecule has 0 unspecified atom stereocenters. The van der Waals surface area contributed by atoms with Crippen LogP contribution in [0.15, 0.2) is 249 Å². The van der Waals surface area contributed by atoms with Gasteiger partial charge in [0.05, 0.1) is 68.6 Å². The summed E-state index contributed by atoms with van der Waals surface area (Å²) in [5.74, 6) is 1.58. The Hall–Kier alpha value is -12.0. The van der Waals surface area contributed by atoms with E-state index < -0.39 is 0 Å². The number of hydrogen-bond acceptors (Lipinski definition) is 7. The van der Waals surface area contributed by atoms with Crippen LogP contribution >= 0.6 is 0 Å². The molecule has 0 aliphatic heterocycles. The minimum atomic E-state index is 0.495. The van der Waals surface area contributed by atoms with Crippen molar-refractivity contribution in [1.29, 1.82) is 21.0 Å². The molecule has 14 aromatic rings. The fourth-order valence-electron chi connectivity index (χ4n) is 11.2. The van der Waals surface area contributed by atoms with Gasteiger partial charge in [0, 0.05) is 49.6 Å². The summed E-state index contributed by atoms with van der Waals surface area (Å²) in [4.78, 5) is 15.7. The number of nitrogens with zero attached hydrogens (tertiary/aromatic N) is 9. The summed E-state index contributed by atoms with van der Waals surface area (Å²) in [7, 11) is 0. The molecular weight excluding hydrogens is 1000 g/mol. The minimum absolute atomic E-state index is 0.495. The highest BCUT2D eigenvalue weighted by Crippen LogP contribution is 2.42. The third-order valence-electron chi connectivity index (χ3n) is 15.3. The molecule has 3 aromatic heterocycles. The Morgan fingerprint density at radius 3 is 0.756 bits per heavy atom. The first-order valence-electron chi connectivity index (χ1n) is 26.6. The largest absolute Gasteiger partial charge is 0.309 e. The molecule has 0 bridgehead atoms. The molecule has 82 heavy (non-hydrogen) atoms. The zero-order valence-electron chi connectivity index (χ0n) is 43.7. The predicted octanol–water partition coefficient (Wildman–Crippen LogP) is 17.2. The quantitative estimate of drug-likeness (QED) is 0.140. The van der Waals surface area contributed by atoms with Gasteiger partial charge in [0.2, 0.25) is 0 Å². The molecule has 0 aliphatic carbocycles. The summed E-state index contributed by atoms with van der Waals surface area (Å²) >= 11 is 0. The zero-order chi connectivity index (χ0) is 55.3. The van der Waals surface area contributed by atoms with Crippen LogP contribution in [0.5, 0.6) is 0 Å². The first kappa shape index (κ1) is 48.4. The maximum Gasteiger partial charge on any atom is 0.164 e. The lowest BCUT2D eigenvalue weighted by Gasteiger charge is -2.16. The molecule has 0 fully saturated rings. The number of rotatable bonds is 9. The van der Waals surface area contributed by atoms with Gasteiger partial charge in [0.25, 0.3) is 0 Å². The molecule has 0 aliphatic rings. The van der Waals surface area contributed by atoms with Crippen LogP contribution < -0.4 is 0 Å². The summed E-state index contributed by atoms with van der Waals surface area (Å²) < 4.78 is 4.64. The standard InChI is InChI=1S/C73H41N9/c74-42-46-11-19-50(20-12-46)56-27-31-67-63(37-56)64-38-57(51-21-13-47(43-75)14-22-51)28-32-68(64)81(67)61-35-60(73-79-71(54-7-3-1-4-8-54)78-72(80-73)55-9-5-2-6-10-55)36-62(41-61)82-69-33-29-58(52-23-15-48(44-76)16-24-52)39-65(69)66-40-59(30-34-70(66)82)53-25-17-49(45-77)18-26-53/h1-41H. The average Bonchev–Trinajstić information content (AvgIpc) is 4.30. The molecule has 0 saturated heterocycles. The molecule has 0 amide bonds. The number of benzene rings is 11. The van der Waals surface area contributed by atoms with Crippen molar-refractivity contribution >= 4 is 43.6 Å². The molecule has 0 radical (unpaired) electrons. The van der Waals surface area contributed by atoms with Crippen LogP contribution in [-0.2, 0) is 0 Å². The van der Waals surface area contributed by atoms with Crippen LogP contribution in [0.4, 0.5) is 0 Å². The lowest BCUT2D eigenvalue weighted by atomic mass is 9.99. The van der Waals surface area contributed by atoms with Crippen LogP contribution in [0.3, 0.4) is 0 Å². The van der Waals surface area contributed by atoms with E-state index in [9.17, 15) is 21.0 Å². The maximum atomic E-state index is 9.67. The molecule has 14 rings (SSSR count). The monoisotopic (exact) mass is 1040 g/mol. The number of hydrogen-bond donors (Lipinski definition) is 0. The summed E-state index contributed by atoms with van der Waals surface area (Å²) in [6.07, 6.45) is 0. The Kier molecular flexibility index (Phi) is 11.9. The van der Waals surface area contributed by atoms with Crippen molar-refractivity contribution in [3.63, 3.8) is 0 Å². The molecular formula is C73H41N9. The van der Waals surface area contributed by atoms with Crippen molar-refractivity contribution in [2.24, 2.45) is 0 Å². The Bertz CT molecular complexity index is 4490. The Balaban J connectivity index is 1.06. The van der Waals surface area contributed by atoms with E-state index in [1.807, 2.05) is 158 Å². The SMILES string of the molecule is N#Cc1ccc(-c2ccc3c(c2)c2cc(-c4ccc(C#N)cc4)ccc2n3-c2cc(-c3nc(-c4ccccc4)nc(-c4ccccc4)n3)cc(-n3c4ccc(-c5ccc(C#N)cc5)cc4c4cc(-c5ccc(C#N)cc5)ccc43)c2)cc1. The highest BCUT2D eigenvalue weighted by atomic mass is 15.0.